The van der Waals surface area contributed by atoms with Gasteiger partial charge < -0.3 is 5.32 Å². The van der Waals surface area contributed by atoms with Crippen LogP contribution in [-0.4, -0.2) is 4.98 Å². The number of benzene rings is 2. The second kappa shape index (κ2) is 6.25. The fourth-order valence-corrected chi connectivity index (χ4v) is 2.74. The van der Waals surface area contributed by atoms with Gasteiger partial charge in [-0.1, -0.05) is 41.9 Å². The number of nitrogens with zero attached hydrogens (tertiary/aromatic N) is 1. The van der Waals surface area contributed by atoms with E-state index in [1.807, 2.05) is 30.5 Å². The molecule has 1 aromatic heterocycles. The second-order valence-electron chi connectivity index (χ2n) is 5.15. The Kier molecular flexibility index (Phi) is 4.18. The summed E-state index contributed by atoms with van der Waals surface area (Å²) in [7, 11) is 0. The standard InChI is InChI=1S/C18H17ClN2/c1-13(16-6-2-3-7-17(16)19)21-12-14-8-9-18-15(11-14)5-4-10-20-18/h2-11,13,21H,12H2,1H3/t13-/m0/s1. The van der Waals surface area contributed by atoms with Gasteiger partial charge in [0.25, 0.3) is 0 Å². The first kappa shape index (κ1) is 14.1. The topological polar surface area (TPSA) is 24.9 Å². The summed E-state index contributed by atoms with van der Waals surface area (Å²) in [4.78, 5) is 4.34. The third-order valence-electron chi connectivity index (χ3n) is 3.65. The van der Waals surface area contributed by atoms with Crippen molar-refractivity contribution in [2.75, 3.05) is 0 Å². The van der Waals surface area contributed by atoms with E-state index in [9.17, 15) is 0 Å². The van der Waals surface area contributed by atoms with Crippen molar-refractivity contribution in [3.63, 3.8) is 0 Å². The van der Waals surface area contributed by atoms with E-state index in [-0.39, 0.29) is 6.04 Å². The van der Waals surface area contributed by atoms with Crippen molar-refractivity contribution in [2.24, 2.45) is 0 Å². The third-order valence-corrected chi connectivity index (χ3v) is 4.00. The molecule has 0 unspecified atom stereocenters. The Morgan fingerprint density at radius 1 is 1.10 bits per heavy atom. The zero-order chi connectivity index (χ0) is 14.7. The highest BCUT2D eigenvalue weighted by molar-refractivity contribution is 6.31. The van der Waals surface area contributed by atoms with E-state index in [1.54, 1.807) is 0 Å². The van der Waals surface area contributed by atoms with Crippen molar-refractivity contribution in [1.29, 1.82) is 0 Å². The van der Waals surface area contributed by atoms with Gasteiger partial charge in [0.2, 0.25) is 0 Å². The normalized spacial score (nSPS) is 12.5. The molecule has 0 aliphatic carbocycles. The van der Waals surface area contributed by atoms with E-state index >= 15 is 0 Å². The lowest BCUT2D eigenvalue weighted by Gasteiger charge is -2.16. The number of rotatable bonds is 4. The Morgan fingerprint density at radius 2 is 1.95 bits per heavy atom. The van der Waals surface area contributed by atoms with E-state index < -0.39 is 0 Å². The molecule has 3 rings (SSSR count). The second-order valence-corrected chi connectivity index (χ2v) is 5.56. The number of hydrogen-bond donors (Lipinski definition) is 1. The van der Waals surface area contributed by atoms with Crippen molar-refractivity contribution >= 4 is 22.5 Å². The van der Waals surface area contributed by atoms with Crippen LogP contribution in [0.2, 0.25) is 5.02 Å². The van der Waals surface area contributed by atoms with Crippen LogP contribution in [0.25, 0.3) is 10.9 Å². The van der Waals surface area contributed by atoms with Crippen LogP contribution in [0.3, 0.4) is 0 Å². The predicted octanol–water partition coefficient (Wildman–Crippen LogP) is 4.74. The average Bonchev–Trinajstić information content (AvgIpc) is 2.53. The molecule has 1 N–H and O–H groups in total. The minimum absolute atomic E-state index is 0.211. The lowest BCUT2D eigenvalue weighted by Crippen LogP contribution is -2.18. The number of halogens is 1. The van der Waals surface area contributed by atoms with Gasteiger partial charge in [0.05, 0.1) is 5.52 Å². The zero-order valence-electron chi connectivity index (χ0n) is 11.9. The number of fused-ring (bicyclic) bond motifs is 1. The summed E-state index contributed by atoms with van der Waals surface area (Å²) in [5.41, 5.74) is 3.40. The van der Waals surface area contributed by atoms with Crippen molar-refractivity contribution < 1.29 is 0 Å². The molecule has 2 nitrogen and oxygen atoms in total. The van der Waals surface area contributed by atoms with Gasteiger partial charge in [0, 0.05) is 29.2 Å². The van der Waals surface area contributed by atoms with Crippen molar-refractivity contribution in [1.82, 2.24) is 10.3 Å². The fraction of sp³-hybridized carbons (Fsp3) is 0.167. The smallest absolute Gasteiger partial charge is 0.0702 e. The molecule has 0 radical (unpaired) electrons. The molecule has 106 valence electrons. The van der Waals surface area contributed by atoms with Gasteiger partial charge in [0.1, 0.15) is 0 Å². The van der Waals surface area contributed by atoms with E-state index in [0.717, 1.165) is 22.6 Å². The third kappa shape index (κ3) is 3.23. The lowest BCUT2D eigenvalue weighted by molar-refractivity contribution is 0.575. The maximum atomic E-state index is 6.23. The van der Waals surface area contributed by atoms with E-state index in [2.05, 4.69) is 47.6 Å². The SMILES string of the molecule is C[C@H](NCc1ccc2ncccc2c1)c1ccccc1Cl. The fourth-order valence-electron chi connectivity index (χ4n) is 2.44. The predicted molar refractivity (Wildman–Crippen MR) is 88.4 cm³/mol. The number of aromatic nitrogens is 1. The molecule has 1 heterocycles. The van der Waals surface area contributed by atoms with Crippen LogP contribution in [0.15, 0.2) is 60.8 Å². The Morgan fingerprint density at radius 3 is 2.81 bits per heavy atom. The minimum atomic E-state index is 0.211. The molecule has 3 aromatic rings. The summed E-state index contributed by atoms with van der Waals surface area (Å²) in [6.45, 7) is 2.93. The van der Waals surface area contributed by atoms with Gasteiger partial charge in [-0.25, -0.2) is 0 Å². The summed E-state index contributed by atoms with van der Waals surface area (Å²) in [5, 5.41) is 5.49. The maximum absolute atomic E-state index is 6.23. The van der Waals surface area contributed by atoms with Gasteiger partial charge in [-0.2, -0.15) is 0 Å². The molecule has 0 amide bonds. The highest BCUT2D eigenvalue weighted by Gasteiger charge is 2.08. The molecule has 0 aliphatic rings. The molecule has 21 heavy (non-hydrogen) atoms. The molecule has 1 atom stereocenters. The minimum Gasteiger partial charge on any atom is -0.306 e. The zero-order valence-corrected chi connectivity index (χ0v) is 12.6. The van der Waals surface area contributed by atoms with Crippen molar-refractivity contribution in [2.45, 2.75) is 19.5 Å². The van der Waals surface area contributed by atoms with Gasteiger partial charge in [-0.05, 0) is 42.3 Å². The van der Waals surface area contributed by atoms with Crippen LogP contribution in [0, 0.1) is 0 Å². The van der Waals surface area contributed by atoms with Crippen LogP contribution >= 0.6 is 11.6 Å². The average molecular weight is 297 g/mol. The molecule has 0 saturated carbocycles. The summed E-state index contributed by atoms with van der Waals surface area (Å²) in [5.74, 6) is 0. The summed E-state index contributed by atoms with van der Waals surface area (Å²) >= 11 is 6.23. The molecule has 0 fully saturated rings. The molecule has 0 spiro atoms. The van der Waals surface area contributed by atoms with Gasteiger partial charge in [0.15, 0.2) is 0 Å². The first-order chi connectivity index (χ1) is 10.2. The molecule has 3 heteroatoms. The summed E-state index contributed by atoms with van der Waals surface area (Å²) in [6, 6.07) is 18.6. The molecule has 2 aromatic carbocycles. The highest BCUT2D eigenvalue weighted by atomic mass is 35.5. The monoisotopic (exact) mass is 296 g/mol. The maximum Gasteiger partial charge on any atom is 0.0702 e. The van der Waals surface area contributed by atoms with Crippen LogP contribution < -0.4 is 5.32 Å². The number of nitrogens with one attached hydrogen (secondary N) is 1. The lowest BCUT2D eigenvalue weighted by atomic mass is 10.1. The molecule has 0 aliphatic heterocycles. The Bertz CT molecular complexity index is 755. The van der Waals surface area contributed by atoms with Crippen molar-refractivity contribution in [3.8, 4) is 0 Å². The van der Waals surface area contributed by atoms with Gasteiger partial charge in [-0.3, -0.25) is 4.98 Å². The Labute approximate surface area is 129 Å². The molecule has 0 saturated heterocycles. The summed E-state index contributed by atoms with van der Waals surface area (Å²) in [6.07, 6.45) is 1.82. The van der Waals surface area contributed by atoms with Crippen LogP contribution in [0.4, 0.5) is 0 Å². The van der Waals surface area contributed by atoms with E-state index in [4.69, 9.17) is 11.6 Å². The number of pyridine rings is 1. The van der Waals surface area contributed by atoms with E-state index in [1.165, 1.54) is 10.9 Å². The molecular weight excluding hydrogens is 280 g/mol. The van der Waals surface area contributed by atoms with E-state index in [0.29, 0.717) is 0 Å². The first-order valence-corrected chi connectivity index (χ1v) is 7.43. The molecule has 0 bridgehead atoms. The first-order valence-electron chi connectivity index (χ1n) is 7.05. The van der Waals surface area contributed by atoms with Crippen LogP contribution in [0.1, 0.15) is 24.1 Å². The van der Waals surface area contributed by atoms with Crippen LogP contribution in [-0.2, 0) is 6.54 Å². The van der Waals surface area contributed by atoms with Gasteiger partial charge in [-0.15, -0.1) is 0 Å². The highest BCUT2D eigenvalue weighted by Crippen LogP contribution is 2.22. The quantitative estimate of drug-likeness (QED) is 0.752. The largest absolute Gasteiger partial charge is 0.306 e. The van der Waals surface area contributed by atoms with Gasteiger partial charge >= 0.3 is 0 Å². The summed E-state index contributed by atoms with van der Waals surface area (Å²) < 4.78 is 0. The Balaban J connectivity index is 1.73. The van der Waals surface area contributed by atoms with Crippen molar-refractivity contribution in [3.05, 3.63) is 76.9 Å². The Hall–Kier alpha value is -1.90. The van der Waals surface area contributed by atoms with Crippen LogP contribution in [0.5, 0.6) is 0 Å². The molecular formula is C18H17ClN2. The number of hydrogen-bond acceptors (Lipinski definition) is 2.